The Labute approximate surface area is 130 Å². The first-order valence-corrected chi connectivity index (χ1v) is 8.01. The fourth-order valence-corrected chi connectivity index (χ4v) is 2.18. The van der Waals surface area contributed by atoms with Gasteiger partial charge in [-0.05, 0) is 39.5 Å². The highest BCUT2D eigenvalue weighted by atomic mass is 16.5. The molecule has 0 radical (unpaired) electrons. The van der Waals surface area contributed by atoms with E-state index in [0.29, 0.717) is 5.76 Å². The Morgan fingerprint density at radius 2 is 1.71 bits per heavy atom. The van der Waals surface area contributed by atoms with Gasteiger partial charge in [0.1, 0.15) is 6.23 Å². The molecule has 0 aliphatic rings. The topological polar surface area (TPSA) is 59.6 Å². The predicted molar refractivity (Wildman–Crippen MR) is 91.9 cm³/mol. The highest BCUT2D eigenvalue weighted by molar-refractivity contribution is 5.22. The van der Waals surface area contributed by atoms with Crippen molar-refractivity contribution in [3.63, 3.8) is 0 Å². The zero-order valence-electron chi connectivity index (χ0n) is 13.9. The van der Waals surface area contributed by atoms with Crippen LogP contribution in [0, 0.1) is 0 Å². The first-order chi connectivity index (χ1) is 10.1. The molecule has 1 atom stereocenters. The molecule has 0 aromatic rings. The molecule has 122 valence electrons. The number of nitrogens with one attached hydrogen (secondary N) is 1. The third-order valence-corrected chi connectivity index (χ3v) is 3.31. The minimum absolute atomic E-state index is 0.184. The molecular weight excluding hydrogens is 262 g/mol. The number of ether oxygens (including phenoxy) is 1. The van der Waals surface area contributed by atoms with Gasteiger partial charge >= 0.3 is 0 Å². The molecule has 0 amide bonds. The van der Waals surface area contributed by atoms with Crippen molar-refractivity contribution in [2.24, 2.45) is 10.8 Å². The van der Waals surface area contributed by atoms with Crippen molar-refractivity contribution in [1.29, 1.82) is 0 Å². The lowest BCUT2D eigenvalue weighted by Gasteiger charge is -2.13. The molecule has 0 aliphatic carbocycles. The monoisotopic (exact) mass is 295 g/mol. The molecule has 0 unspecified atom stereocenters. The van der Waals surface area contributed by atoms with E-state index in [0.717, 1.165) is 19.3 Å². The molecule has 4 nitrogen and oxygen atoms in total. The summed E-state index contributed by atoms with van der Waals surface area (Å²) in [6.45, 7) is 11.0. The second-order valence-corrected chi connectivity index (χ2v) is 5.65. The third-order valence-electron chi connectivity index (χ3n) is 3.31. The zero-order chi connectivity index (χ0) is 15.9. The number of rotatable bonds is 14. The molecule has 21 heavy (non-hydrogen) atoms. The van der Waals surface area contributed by atoms with Gasteiger partial charge in [0.05, 0.1) is 5.76 Å². The average molecular weight is 295 g/mol. The SMILES string of the molecule is C=NN/C=C(\C)CCCCCCCCC[C@H](N)OC(=C)C. The normalized spacial score (nSPS) is 12.8. The number of unbranched alkanes of at least 4 members (excludes halogenated alkanes) is 6. The smallest absolute Gasteiger partial charge is 0.147 e. The van der Waals surface area contributed by atoms with Gasteiger partial charge in [-0.15, -0.1) is 0 Å². The molecule has 0 fully saturated rings. The van der Waals surface area contributed by atoms with Gasteiger partial charge < -0.3 is 4.74 Å². The second-order valence-electron chi connectivity index (χ2n) is 5.65. The number of hydrazone groups is 1. The van der Waals surface area contributed by atoms with Crippen LogP contribution < -0.4 is 11.2 Å². The number of nitrogens with two attached hydrogens (primary N) is 1. The van der Waals surface area contributed by atoms with Gasteiger partial charge in [0.15, 0.2) is 0 Å². The quantitative estimate of drug-likeness (QED) is 0.164. The Hall–Kier alpha value is -1.29. The molecule has 3 N–H and O–H groups in total. The van der Waals surface area contributed by atoms with Crippen molar-refractivity contribution in [2.75, 3.05) is 0 Å². The summed E-state index contributed by atoms with van der Waals surface area (Å²) in [6, 6.07) is 0. The lowest BCUT2D eigenvalue weighted by atomic mass is 10.1. The van der Waals surface area contributed by atoms with E-state index in [1.54, 1.807) is 0 Å². The van der Waals surface area contributed by atoms with E-state index in [9.17, 15) is 0 Å². The van der Waals surface area contributed by atoms with Crippen LogP contribution in [0.2, 0.25) is 0 Å². The molecule has 0 aliphatic heterocycles. The van der Waals surface area contributed by atoms with Crippen LogP contribution in [0.25, 0.3) is 0 Å². The van der Waals surface area contributed by atoms with Gasteiger partial charge in [0.2, 0.25) is 0 Å². The summed E-state index contributed by atoms with van der Waals surface area (Å²) in [6.07, 6.45) is 12.6. The average Bonchev–Trinajstić information content (AvgIpc) is 2.42. The first-order valence-electron chi connectivity index (χ1n) is 8.01. The molecule has 0 spiro atoms. The number of nitrogens with zero attached hydrogens (tertiary/aromatic N) is 1. The molecule has 0 aromatic heterocycles. The minimum Gasteiger partial charge on any atom is -0.481 e. The van der Waals surface area contributed by atoms with Gasteiger partial charge in [-0.25, -0.2) is 0 Å². The maximum absolute atomic E-state index is 5.81. The van der Waals surface area contributed by atoms with Gasteiger partial charge in [0.25, 0.3) is 0 Å². The van der Waals surface area contributed by atoms with Crippen molar-refractivity contribution in [1.82, 2.24) is 5.43 Å². The van der Waals surface area contributed by atoms with Crippen LogP contribution in [-0.4, -0.2) is 12.9 Å². The predicted octanol–water partition coefficient (Wildman–Crippen LogP) is 4.44. The summed E-state index contributed by atoms with van der Waals surface area (Å²) in [4.78, 5) is 0. The van der Waals surface area contributed by atoms with Crippen molar-refractivity contribution in [3.8, 4) is 0 Å². The summed E-state index contributed by atoms with van der Waals surface area (Å²) >= 11 is 0. The molecule has 0 saturated heterocycles. The molecule has 0 heterocycles. The zero-order valence-corrected chi connectivity index (χ0v) is 13.9. The number of allylic oxidation sites excluding steroid dienone is 2. The lowest BCUT2D eigenvalue weighted by Crippen LogP contribution is -2.22. The maximum Gasteiger partial charge on any atom is 0.147 e. The molecule has 0 bridgehead atoms. The standard InChI is InChI=1S/C17H33N3O/c1-15(2)21-17(18)13-11-9-7-5-6-8-10-12-16(3)14-20-19-4/h14,17,20H,1,4-13,18H2,2-3H3/b16-14+/t17-/m1/s1. The van der Waals surface area contributed by atoms with E-state index in [1.807, 2.05) is 13.1 Å². The second kappa shape index (κ2) is 13.7. The minimum atomic E-state index is -0.184. The van der Waals surface area contributed by atoms with Crippen molar-refractivity contribution >= 4 is 6.72 Å². The van der Waals surface area contributed by atoms with E-state index < -0.39 is 0 Å². The fraction of sp³-hybridized carbons (Fsp3) is 0.706. The van der Waals surface area contributed by atoms with Crippen LogP contribution in [0.1, 0.15) is 71.6 Å². The summed E-state index contributed by atoms with van der Waals surface area (Å²) < 4.78 is 5.32. The van der Waals surface area contributed by atoms with Gasteiger partial charge in [-0.1, -0.05) is 44.3 Å². The lowest BCUT2D eigenvalue weighted by molar-refractivity contribution is 0.113. The highest BCUT2D eigenvalue weighted by Gasteiger charge is 2.02. The van der Waals surface area contributed by atoms with Crippen molar-refractivity contribution in [3.05, 3.63) is 24.1 Å². The number of hydrogen-bond donors (Lipinski definition) is 2. The molecule has 0 saturated carbocycles. The molecule has 4 heteroatoms. The highest BCUT2D eigenvalue weighted by Crippen LogP contribution is 2.13. The van der Waals surface area contributed by atoms with E-state index in [-0.39, 0.29) is 6.23 Å². The Bertz CT molecular complexity index is 313. The maximum atomic E-state index is 5.81. The first kappa shape index (κ1) is 19.7. The van der Waals surface area contributed by atoms with Gasteiger partial charge in [-0.2, -0.15) is 5.10 Å². The van der Waals surface area contributed by atoms with Crippen LogP contribution in [0.5, 0.6) is 0 Å². The van der Waals surface area contributed by atoms with Crippen LogP contribution >= 0.6 is 0 Å². The largest absolute Gasteiger partial charge is 0.481 e. The van der Waals surface area contributed by atoms with E-state index in [1.165, 1.54) is 44.1 Å². The van der Waals surface area contributed by atoms with Crippen molar-refractivity contribution in [2.45, 2.75) is 77.9 Å². The van der Waals surface area contributed by atoms with Crippen molar-refractivity contribution < 1.29 is 4.74 Å². The third kappa shape index (κ3) is 14.9. The van der Waals surface area contributed by atoms with E-state index >= 15 is 0 Å². The van der Waals surface area contributed by atoms with Gasteiger partial charge in [0, 0.05) is 12.9 Å². The molecular formula is C17H33N3O. The Kier molecular flexibility index (Phi) is 12.8. The Balaban J connectivity index is 3.29. The Morgan fingerprint density at radius 1 is 1.14 bits per heavy atom. The molecule has 0 aromatic carbocycles. The van der Waals surface area contributed by atoms with Crippen LogP contribution in [0.15, 0.2) is 29.2 Å². The molecule has 0 rings (SSSR count). The van der Waals surface area contributed by atoms with E-state index in [2.05, 4.69) is 30.7 Å². The van der Waals surface area contributed by atoms with E-state index in [4.69, 9.17) is 10.5 Å². The number of hydrogen-bond acceptors (Lipinski definition) is 4. The van der Waals surface area contributed by atoms with Crippen LogP contribution in [-0.2, 0) is 4.74 Å². The summed E-state index contributed by atoms with van der Waals surface area (Å²) in [5, 5.41) is 3.59. The van der Waals surface area contributed by atoms with Crippen LogP contribution in [0.4, 0.5) is 0 Å². The summed E-state index contributed by atoms with van der Waals surface area (Å²) in [5.41, 5.74) is 9.91. The van der Waals surface area contributed by atoms with Gasteiger partial charge in [-0.3, -0.25) is 11.2 Å². The fourth-order valence-electron chi connectivity index (χ4n) is 2.18. The summed E-state index contributed by atoms with van der Waals surface area (Å²) in [7, 11) is 0. The Morgan fingerprint density at radius 3 is 2.29 bits per heavy atom. The summed E-state index contributed by atoms with van der Waals surface area (Å²) in [5.74, 6) is 0.700. The van der Waals surface area contributed by atoms with Crippen LogP contribution in [0.3, 0.4) is 0 Å².